The molecule has 2 N–H and O–H groups in total. The number of nitrogen functional groups attached to an aromatic ring is 1. The predicted molar refractivity (Wildman–Crippen MR) is 76.5 cm³/mol. The zero-order chi connectivity index (χ0) is 14.4. The average Bonchev–Trinajstić information content (AvgIpc) is 2.35. The maximum absolute atomic E-state index is 5.92. The number of nitrogens with two attached hydrogens (primary N) is 1. The van der Waals surface area contributed by atoms with Crippen molar-refractivity contribution in [2.24, 2.45) is 0 Å². The summed E-state index contributed by atoms with van der Waals surface area (Å²) in [4.78, 5) is 10.8. The van der Waals surface area contributed by atoms with Crippen LogP contribution in [0, 0.1) is 13.8 Å². The Labute approximate surface area is 114 Å². The van der Waals surface area contributed by atoms with E-state index in [2.05, 4.69) is 21.8 Å². The van der Waals surface area contributed by atoms with E-state index in [9.17, 15) is 0 Å². The average molecular weight is 268 g/mol. The third-order valence-electron chi connectivity index (χ3n) is 3.02. The van der Waals surface area contributed by atoms with E-state index in [0.717, 1.165) is 17.9 Å². The van der Waals surface area contributed by atoms with Gasteiger partial charge in [-0.25, -0.2) is 9.97 Å². The second-order valence-corrected chi connectivity index (χ2v) is 4.60. The Balaban J connectivity index is 3.08. The fourth-order valence-electron chi connectivity index (χ4n) is 1.97. The Hall–Kier alpha value is -1.40. The van der Waals surface area contributed by atoms with Crippen LogP contribution in [0.3, 0.4) is 0 Å². The van der Waals surface area contributed by atoms with Gasteiger partial charge in [-0.2, -0.15) is 0 Å². The molecule has 0 spiro atoms. The third kappa shape index (κ3) is 4.04. The highest BCUT2D eigenvalue weighted by molar-refractivity contribution is 5.57. The van der Waals surface area contributed by atoms with Gasteiger partial charge in [0.15, 0.2) is 0 Å². The van der Waals surface area contributed by atoms with Gasteiger partial charge >= 0.3 is 0 Å². The second kappa shape index (κ2) is 7.25. The van der Waals surface area contributed by atoms with Gasteiger partial charge in [0.25, 0.3) is 0 Å². The lowest BCUT2D eigenvalue weighted by atomic mass is 10.2. The summed E-state index contributed by atoms with van der Waals surface area (Å²) in [6.07, 6.45) is 0. The molecular weight excluding hydrogens is 244 g/mol. The van der Waals surface area contributed by atoms with Crippen LogP contribution in [0.2, 0.25) is 0 Å². The maximum atomic E-state index is 5.92. The SMILES string of the molecule is COCCN(c1nc(C)nc(N)c1C)C(C)COC. The van der Waals surface area contributed by atoms with Crippen LogP contribution in [0.25, 0.3) is 0 Å². The lowest BCUT2D eigenvalue weighted by Gasteiger charge is -2.31. The lowest BCUT2D eigenvalue weighted by Crippen LogP contribution is -2.40. The van der Waals surface area contributed by atoms with Crippen molar-refractivity contribution in [2.75, 3.05) is 44.6 Å². The van der Waals surface area contributed by atoms with Crippen molar-refractivity contribution in [3.8, 4) is 0 Å². The molecule has 0 saturated carbocycles. The third-order valence-corrected chi connectivity index (χ3v) is 3.02. The molecule has 0 amide bonds. The first-order chi connectivity index (χ1) is 9.01. The molecule has 0 radical (unpaired) electrons. The van der Waals surface area contributed by atoms with Crippen LogP contribution >= 0.6 is 0 Å². The molecule has 0 saturated heterocycles. The highest BCUT2D eigenvalue weighted by Gasteiger charge is 2.19. The van der Waals surface area contributed by atoms with E-state index >= 15 is 0 Å². The van der Waals surface area contributed by atoms with Crippen LogP contribution < -0.4 is 10.6 Å². The molecule has 6 nitrogen and oxygen atoms in total. The predicted octanol–water partition coefficient (Wildman–Crippen LogP) is 1.16. The number of rotatable bonds is 7. The van der Waals surface area contributed by atoms with Crippen molar-refractivity contribution >= 4 is 11.6 Å². The number of aryl methyl sites for hydroxylation is 1. The van der Waals surface area contributed by atoms with Gasteiger partial charge in [-0.05, 0) is 20.8 Å². The van der Waals surface area contributed by atoms with Gasteiger partial charge in [-0.15, -0.1) is 0 Å². The summed E-state index contributed by atoms with van der Waals surface area (Å²) >= 11 is 0. The molecule has 0 bridgehead atoms. The summed E-state index contributed by atoms with van der Waals surface area (Å²) in [7, 11) is 3.38. The smallest absolute Gasteiger partial charge is 0.137 e. The van der Waals surface area contributed by atoms with Crippen LogP contribution in [-0.2, 0) is 9.47 Å². The van der Waals surface area contributed by atoms with Gasteiger partial charge in [-0.3, -0.25) is 0 Å². The van der Waals surface area contributed by atoms with Crippen molar-refractivity contribution in [1.29, 1.82) is 0 Å². The minimum Gasteiger partial charge on any atom is -0.383 e. The van der Waals surface area contributed by atoms with Crippen LogP contribution in [0.5, 0.6) is 0 Å². The number of hydrogen-bond acceptors (Lipinski definition) is 6. The molecule has 0 aliphatic heterocycles. The fourth-order valence-corrected chi connectivity index (χ4v) is 1.97. The molecule has 0 aliphatic rings. The number of anilines is 2. The monoisotopic (exact) mass is 268 g/mol. The summed E-state index contributed by atoms with van der Waals surface area (Å²) < 4.78 is 10.4. The van der Waals surface area contributed by atoms with E-state index in [0.29, 0.717) is 24.9 Å². The van der Waals surface area contributed by atoms with E-state index in [1.807, 2.05) is 13.8 Å². The number of nitrogens with zero attached hydrogens (tertiary/aromatic N) is 3. The van der Waals surface area contributed by atoms with E-state index in [-0.39, 0.29) is 6.04 Å². The molecule has 1 unspecified atom stereocenters. The Morgan fingerprint density at radius 2 is 1.89 bits per heavy atom. The standard InChI is InChI=1S/C13H24N4O2/c1-9(8-19-5)17(6-7-18-4)13-10(2)12(14)15-11(3)16-13/h9H,6-8H2,1-5H3,(H2,14,15,16). The molecule has 1 aromatic rings. The van der Waals surface area contributed by atoms with Crippen LogP contribution in [0.15, 0.2) is 0 Å². The topological polar surface area (TPSA) is 73.5 Å². The van der Waals surface area contributed by atoms with Crippen LogP contribution in [-0.4, -0.2) is 50.0 Å². The summed E-state index contributed by atoms with van der Waals surface area (Å²) in [5.41, 5.74) is 6.81. The first-order valence-corrected chi connectivity index (χ1v) is 6.36. The van der Waals surface area contributed by atoms with Crippen molar-refractivity contribution < 1.29 is 9.47 Å². The molecular formula is C13H24N4O2. The van der Waals surface area contributed by atoms with Gasteiger partial charge in [0.2, 0.25) is 0 Å². The lowest BCUT2D eigenvalue weighted by molar-refractivity contribution is 0.170. The first-order valence-electron chi connectivity index (χ1n) is 6.36. The van der Waals surface area contributed by atoms with Gasteiger partial charge in [0.1, 0.15) is 17.5 Å². The molecule has 19 heavy (non-hydrogen) atoms. The van der Waals surface area contributed by atoms with Gasteiger partial charge in [0, 0.05) is 26.3 Å². The summed E-state index contributed by atoms with van der Waals surface area (Å²) in [6, 6.07) is 0.188. The number of aromatic nitrogens is 2. The first kappa shape index (κ1) is 15.7. The normalized spacial score (nSPS) is 12.5. The summed E-state index contributed by atoms with van der Waals surface area (Å²) in [6.45, 7) is 7.84. The van der Waals surface area contributed by atoms with E-state index in [1.54, 1.807) is 14.2 Å². The van der Waals surface area contributed by atoms with Crippen LogP contribution in [0.1, 0.15) is 18.3 Å². The minimum absolute atomic E-state index is 0.188. The summed E-state index contributed by atoms with van der Waals surface area (Å²) in [5.74, 6) is 2.05. The zero-order valence-electron chi connectivity index (χ0n) is 12.4. The molecule has 6 heteroatoms. The summed E-state index contributed by atoms with van der Waals surface area (Å²) in [5, 5.41) is 0. The van der Waals surface area contributed by atoms with E-state index in [4.69, 9.17) is 15.2 Å². The van der Waals surface area contributed by atoms with Crippen molar-refractivity contribution in [3.05, 3.63) is 11.4 Å². The highest BCUT2D eigenvalue weighted by Crippen LogP contribution is 2.23. The molecule has 1 heterocycles. The Morgan fingerprint density at radius 1 is 1.21 bits per heavy atom. The number of methoxy groups -OCH3 is 2. The highest BCUT2D eigenvalue weighted by atomic mass is 16.5. The largest absolute Gasteiger partial charge is 0.383 e. The molecule has 0 aromatic carbocycles. The van der Waals surface area contributed by atoms with E-state index in [1.165, 1.54) is 0 Å². The number of hydrogen-bond donors (Lipinski definition) is 1. The molecule has 0 fully saturated rings. The molecule has 108 valence electrons. The molecule has 1 atom stereocenters. The van der Waals surface area contributed by atoms with Crippen molar-refractivity contribution in [3.63, 3.8) is 0 Å². The second-order valence-electron chi connectivity index (χ2n) is 4.60. The van der Waals surface area contributed by atoms with Crippen molar-refractivity contribution in [2.45, 2.75) is 26.8 Å². The molecule has 1 rings (SSSR count). The Morgan fingerprint density at radius 3 is 2.47 bits per heavy atom. The molecule has 1 aromatic heterocycles. The Bertz CT molecular complexity index is 412. The number of ether oxygens (including phenoxy) is 2. The van der Waals surface area contributed by atoms with Gasteiger partial charge in [0.05, 0.1) is 19.3 Å². The van der Waals surface area contributed by atoms with Gasteiger partial charge in [-0.1, -0.05) is 0 Å². The van der Waals surface area contributed by atoms with Crippen molar-refractivity contribution in [1.82, 2.24) is 9.97 Å². The van der Waals surface area contributed by atoms with E-state index < -0.39 is 0 Å². The minimum atomic E-state index is 0.188. The van der Waals surface area contributed by atoms with Crippen LogP contribution in [0.4, 0.5) is 11.6 Å². The maximum Gasteiger partial charge on any atom is 0.137 e. The quantitative estimate of drug-likeness (QED) is 0.800. The zero-order valence-corrected chi connectivity index (χ0v) is 12.4. The van der Waals surface area contributed by atoms with Gasteiger partial charge < -0.3 is 20.1 Å². The Kier molecular flexibility index (Phi) is 5.98. The fraction of sp³-hybridized carbons (Fsp3) is 0.692. The molecule has 0 aliphatic carbocycles.